The molecule has 7 heteroatoms. The average molecular weight is 359 g/mol. The van der Waals surface area contributed by atoms with Gasteiger partial charge >= 0.3 is 0 Å². The van der Waals surface area contributed by atoms with Crippen molar-refractivity contribution >= 4 is 21.4 Å². The fourth-order valence-corrected chi connectivity index (χ4v) is 5.14. The molecular weight excluding hydrogens is 342 g/mol. The van der Waals surface area contributed by atoms with Crippen LogP contribution in [0.5, 0.6) is 0 Å². The molecule has 0 amide bonds. The van der Waals surface area contributed by atoms with Crippen molar-refractivity contribution in [3.05, 3.63) is 69.7 Å². The Balaban J connectivity index is 1.63. The third-order valence-corrected chi connectivity index (χ3v) is 7.02. The second-order valence-corrected chi connectivity index (χ2v) is 8.76. The van der Waals surface area contributed by atoms with Gasteiger partial charge in [-0.2, -0.15) is 9.40 Å². The van der Waals surface area contributed by atoms with E-state index < -0.39 is 10.0 Å². The zero-order valence-electron chi connectivity index (χ0n) is 13.0. The SMILES string of the molecule is O=S(=O)(c1ccccc1)N1CCc2[nH]nc(Cc3cccs3)c2C1. The minimum absolute atomic E-state index is 0.344. The first-order valence-electron chi connectivity index (χ1n) is 7.77. The lowest BCUT2D eigenvalue weighted by Crippen LogP contribution is -2.36. The highest BCUT2D eigenvalue weighted by Crippen LogP contribution is 2.27. The van der Waals surface area contributed by atoms with Crippen molar-refractivity contribution in [2.24, 2.45) is 0 Å². The summed E-state index contributed by atoms with van der Waals surface area (Å²) in [7, 11) is -3.47. The molecule has 5 nitrogen and oxygen atoms in total. The number of fused-ring (bicyclic) bond motifs is 1. The van der Waals surface area contributed by atoms with Gasteiger partial charge in [0.1, 0.15) is 0 Å². The van der Waals surface area contributed by atoms with Crippen LogP contribution in [0.4, 0.5) is 0 Å². The van der Waals surface area contributed by atoms with E-state index >= 15 is 0 Å². The van der Waals surface area contributed by atoms with E-state index in [9.17, 15) is 8.42 Å². The molecule has 2 aromatic heterocycles. The van der Waals surface area contributed by atoms with E-state index in [1.165, 1.54) is 4.88 Å². The molecule has 0 saturated carbocycles. The standard InChI is InChI=1S/C17H17N3O2S2/c21-24(22,14-6-2-1-3-7-14)20-9-8-16-15(12-20)17(19-18-16)11-13-5-4-10-23-13/h1-7,10H,8-9,11-12H2,(H,18,19). The summed E-state index contributed by atoms with van der Waals surface area (Å²) in [5.41, 5.74) is 3.02. The number of hydrogen-bond donors (Lipinski definition) is 1. The minimum atomic E-state index is -3.47. The molecule has 0 atom stereocenters. The summed E-state index contributed by atoms with van der Waals surface area (Å²) in [6, 6.07) is 12.7. The van der Waals surface area contributed by atoms with Crippen molar-refractivity contribution in [2.75, 3.05) is 6.54 Å². The Hall–Kier alpha value is -1.96. The van der Waals surface area contributed by atoms with Gasteiger partial charge in [-0.3, -0.25) is 5.10 Å². The van der Waals surface area contributed by atoms with Crippen LogP contribution < -0.4 is 0 Å². The molecule has 124 valence electrons. The van der Waals surface area contributed by atoms with Crippen molar-refractivity contribution in [3.63, 3.8) is 0 Å². The highest BCUT2D eigenvalue weighted by atomic mass is 32.2. The molecule has 0 radical (unpaired) electrons. The number of thiophene rings is 1. The van der Waals surface area contributed by atoms with Crippen molar-refractivity contribution in [2.45, 2.75) is 24.3 Å². The Morgan fingerprint density at radius 3 is 2.75 bits per heavy atom. The zero-order valence-corrected chi connectivity index (χ0v) is 14.6. The van der Waals surface area contributed by atoms with Gasteiger partial charge in [0.25, 0.3) is 0 Å². The molecular formula is C17H17N3O2S2. The van der Waals surface area contributed by atoms with Crippen LogP contribution in [-0.2, 0) is 29.4 Å². The van der Waals surface area contributed by atoms with Gasteiger partial charge in [-0.1, -0.05) is 24.3 Å². The Morgan fingerprint density at radius 2 is 2.00 bits per heavy atom. The predicted octanol–water partition coefficient (Wildman–Crippen LogP) is 2.81. The van der Waals surface area contributed by atoms with E-state index in [0.717, 1.165) is 23.4 Å². The lowest BCUT2D eigenvalue weighted by Gasteiger charge is -2.26. The van der Waals surface area contributed by atoms with Crippen molar-refractivity contribution in [1.29, 1.82) is 0 Å². The first-order chi connectivity index (χ1) is 11.6. The molecule has 24 heavy (non-hydrogen) atoms. The largest absolute Gasteiger partial charge is 0.282 e. The van der Waals surface area contributed by atoms with Crippen LogP contribution in [0.2, 0.25) is 0 Å². The van der Waals surface area contributed by atoms with Crippen LogP contribution in [0.25, 0.3) is 0 Å². The molecule has 1 aliphatic heterocycles. The number of aromatic amines is 1. The van der Waals surface area contributed by atoms with Crippen LogP contribution in [0, 0.1) is 0 Å². The summed E-state index contributed by atoms with van der Waals surface area (Å²) in [6.07, 6.45) is 1.40. The van der Waals surface area contributed by atoms with E-state index in [0.29, 0.717) is 24.4 Å². The number of hydrogen-bond acceptors (Lipinski definition) is 4. The van der Waals surface area contributed by atoms with Crippen molar-refractivity contribution in [1.82, 2.24) is 14.5 Å². The van der Waals surface area contributed by atoms with Gasteiger partial charge in [-0.05, 0) is 23.6 Å². The number of H-pyrrole nitrogens is 1. The molecule has 0 unspecified atom stereocenters. The number of benzene rings is 1. The maximum absolute atomic E-state index is 12.8. The van der Waals surface area contributed by atoms with Gasteiger partial charge in [0.15, 0.2) is 0 Å². The Labute approximate surface area is 145 Å². The maximum Gasteiger partial charge on any atom is 0.243 e. The van der Waals surface area contributed by atoms with Crippen molar-refractivity contribution in [3.8, 4) is 0 Å². The van der Waals surface area contributed by atoms with Gasteiger partial charge in [-0.15, -0.1) is 11.3 Å². The molecule has 3 aromatic rings. The third kappa shape index (κ3) is 2.79. The number of sulfonamides is 1. The summed E-state index contributed by atoms with van der Waals surface area (Å²) in [4.78, 5) is 1.57. The number of aromatic nitrogens is 2. The van der Waals surface area contributed by atoms with Crippen LogP contribution in [-0.4, -0.2) is 29.5 Å². The summed E-state index contributed by atoms with van der Waals surface area (Å²) in [6.45, 7) is 0.856. The molecule has 1 aliphatic rings. The number of nitrogens with zero attached hydrogens (tertiary/aromatic N) is 2. The number of rotatable bonds is 4. The molecule has 1 N–H and O–H groups in total. The Bertz CT molecular complexity index is 932. The van der Waals surface area contributed by atoms with Gasteiger partial charge in [0, 0.05) is 42.1 Å². The number of nitrogens with one attached hydrogen (secondary N) is 1. The van der Waals surface area contributed by atoms with E-state index in [-0.39, 0.29) is 0 Å². The quantitative estimate of drug-likeness (QED) is 0.779. The second-order valence-electron chi connectivity index (χ2n) is 5.79. The van der Waals surface area contributed by atoms with Crippen LogP contribution >= 0.6 is 11.3 Å². The average Bonchev–Trinajstić information content (AvgIpc) is 3.26. The molecule has 3 heterocycles. The highest BCUT2D eigenvalue weighted by Gasteiger charge is 2.30. The van der Waals surface area contributed by atoms with Crippen LogP contribution in [0.1, 0.15) is 21.8 Å². The molecule has 0 bridgehead atoms. The van der Waals surface area contributed by atoms with Crippen LogP contribution in [0.3, 0.4) is 0 Å². The lowest BCUT2D eigenvalue weighted by atomic mass is 10.1. The summed E-state index contributed by atoms with van der Waals surface area (Å²) >= 11 is 1.69. The molecule has 0 aliphatic carbocycles. The molecule has 0 fully saturated rings. The molecule has 0 spiro atoms. The normalized spacial score (nSPS) is 15.3. The first-order valence-corrected chi connectivity index (χ1v) is 10.1. The minimum Gasteiger partial charge on any atom is -0.282 e. The van der Waals surface area contributed by atoms with E-state index in [4.69, 9.17) is 0 Å². The van der Waals surface area contributed by atoms with Gasteiger partial charge in [0.05, 0.1) is 10.6 Å². The van der Waals surface area contributed by atoms with Crippen LogP contribution in [0.15, 0.2) is 52.7 Å². The topological polar surface area (TPSA) is 66.1 Å². The monoisotopic (exact) mass is 359 g/mol. The summed E-state index contributed by atoms with van der Waals surface area (Å²) in [5.74, 6) is 0. The smallest absolute Gasteiger partial charge is 0.243 e. The van der Waals surface area contributed by atoms with Crippen molar-refractivity contribution < 1.29 is 8.42 Å². The van der Waals surface area contributed by atoms with Gasteiger partial charge in [0.2, 0.25) is 10.0 Å². The molecule has 4 rings (SSSR count). The fraction of sp³-hybridized carbons (Fsp3) is 0.235. The third-order valence-electron chi connectivity index (χ3n) is 4.29. The van der Waals surface area contributed by atoms with Gasteiger partial charge < -0.3 is 0 Å². The van der Waals surface area contributed by atoms with Gasteiger partial charge in [-0.25, -0.2) is 8.42 Å². The Kier molecular flexibility index (Phi) is 3.99. The van der Waals surface area contributed by atoms with E-state index in [1.807, 2.05) is 17.5 Å². The first kappa shape index (κ1) is 15.6. The summed E-state index contributed by atoms with van der Waals surface area (Å²) in [5, 5.41) is 9.55. The second kappa shape index (κ2) is 6.16. The van der Waals surface area contributed by atoms with E-state index in [2.05, 4.69) is 16.3 Å². The predicted molar refractivity (Wildman–Crippen MR) is 93.5 cm³/mol. The Morgan fingerprint density at radius 1 is 1.17 bits per heavy atom. The van der Waals surface area contributed by atoms with E-state index in [1.54, 1.807) is 39.9 Å². The molecule has 1 aromatic carbocycles. The lowest BCUT2D eigenvalue weighted by molar-refractivity contribution is 0.389. The summed E-state index contributed by atoms with van der Waals surface area (Å²) < 4.78 is 27.2. The fourth-order valence-electron chi connectivity index (χ4n) is 3.00. The molecule has 0 saturated heterocycles. The zero-order chi connectivity index (χ0) is 16.6. The highest BCUT2D eigenvalue weighted by molar-refractivity contribution is 7.89. The maximum atomic E-state index is 12.8.